The van der Waals surface area contributed by atoms with E-state index in [-0.39, 0.29) is 0 Å². The van der Waals surface area contributed by atoms with Gasteiger partial charge in [-0.3, -0.25) is 4.90 Å². The maximum Gasteiger partial charge on any atom is 0.119 e. The number of hydrogen-bond donors (Lipinski definition) is 1. The third-order valence-electron chi connectivity index (χ3n) is 3.10. The first-order chi connectivity index (χ1) is 8.25. The molecule has 2 rings (SSSR count). The van der Waals surface area contributed by atoms with Gasteiger partial charge >= 0.3 is 0 Å². The monoisotopic (exact) mass is 298 g/mol. The average Bonchev–Trinajstić information content (AvgIpc) is 2.34. The Labute approximate surface area is 111 Å². The van der Waals surface area contributed by atoms with E-state index in [4.69, 9.17) is 4.74 Å². The van der Waals surface area contributed by atoms with Crippen molar-refractivity contribution in [2.45, 2.75) is 13.0 Å². The van der Waals surface area contributed by atoms with E-state index in [1.165, 1.54) is 0 Å². The molecule has 1 aromatic rings. The van der Waals surface area contributed by atoms with Gasteiger partial charge in [0.25, 0.3) is 0 Å². The summed E-state index contributed by atoms with van der Waals surface area (Å²) in [5.74, 6) is 0.941. The normalized spacial score (nSPS) is 21.4. The molecule has 0 aliphatic carbocycles. The molecule has 0 saturated carbocycles. The molecule has 0 radical (unpaired) electrons. The van der Waals surface area contributed by atoms with Gasteiger partial charge in [0.05, 0.1) is 0 Å². The third kappa shape index (κ3) is 3.98. The third-order valence-corrected chi connectivity index (χ3v) is 3.63. The fraction of sp³-hybridized carbons (Fsp3) is 0.538. The molecule has 4 heteroatoms. The molecule has 1 N–H and O–H groups in total. The van der Waals surface area contributed by atoms with Crippen LogP contribution in [0.25, 0.3) is 0 Å². The smallest absolute Gasteiger partial charge is 0.119 e. The van der Waals surface area contributed by atoms with Crippen LogP contribution < -0.4 is 10.1 Å². The van der Waals surface area contributed by atoms with Crippen LogP contribution in [0.4, 0.5) is 0 Å². The van der Waals surface area contributed by atoms with Crippen LogP contribution in [0, 0.1) is 0 Å². The second-order valence-electron chi connectivity index (χ2n) is 4.39. The maximum absolute atomic E-state index is 5.73. The molecule has 0 aromatic heterocycles. The lowest BCUT2D eigenvalue weighted by molar-refractivity contribution is 0.143. The SMILES string of the molecule is C[C@@H]1CNCCN1CCOc1ccc(Br)cc1. The van der Waals surface area contributed by atoms with Gasteiger partial charge in [0, 0.05) is 36.7 Å². The number of hydrogen-bond acceptors (Lipinski definition) is 3. The van der Waals surface area contributed by atoms with E-state index < -0.39 is 0 Å². The molecule has 0 bridgehead atoms. The maximum atomic E-state index is 5.73. The Morgan fingerprint density at radius 1 is 1.41 bits per heavy atom. The Bertz CT molecular complexity index is 342. The summed E-state index contributed by atoms with van der Waals surface area (Å²) < 4.78 is 6.81. The van der Waals surface area contributed by atoms with Crippen molar-refractivity contribution in [1.29, 1.82) is 0 Å². The van der Waals surface area contributed by atoms with Crippen molar-refractivity contribution in [3.63, 3.8) is 0 Å². The van der Waals surface area contributed by atoms with Crippen molar-refractivity contribution < 1.29 is 4.74 Å². The number of ether oxygens (including phenoxy) is 1. The van der Waals surface area contributed by atoms with Gasteiger partial charge < -0.3 is 10.1 Å². The van der Waals surface area contributed by atoms with Crippen LogP contribution in [0.2, 0.25) is 0 Å². The van der Waals surface area contributed by atoms with Crippen LogP contribution in [-0.2, 0) is 0 Å². The second-order valence-corrected chi connectivity index (χ2v) is 5.31. The minimum atomic E-state index is 0.609. The molecule has 0 spiro atoms. The lowest BCUT2D eigenvalue weighted by atomic mass is 10.2. The molecule has 1 heterocycles. The number of benzene rings is 1. The summed E-state index contributed by atoms with van der Waals surface area (Å²) in [6.45, 7) is 7.29. The first-order valence-electron chi connectivity index (χ1n) is 6.09. The van der Waals surface area contributed by atoms with Crippen LogP contribution in [0.5, 0.6) is 5.75 Å². The molecular formula is C13H19BrN2O. The molecule has 0 unspecified atom stereocenters. The summed E-state index contributed by atoms with van der Waals surface area (Å²) >= 11 is 3.41. The molecule has 94 valence electrons. The van der Waals surface area contributed by atoms with Crippen molar-refractivity contribution >= 4 is 15.9 Å². The molecule has 1 atom stereocenters. The second kappa shape index (κ2) is 6.38. The van der Waals surface area contributed by atoms with Gasteiger partial charge in [-0.05, 0) is 31.2 Å². The van der Waals surface area contributed by atoms with Gasteiger partial charge in [-0.25, -0.2) is 0 Å². The van der Waals surface area contributed by atoms with Gasteiger partial charge in [-0.2, -0.15) is 0 Å². The topological polar surface area (TPSA) is 24.5 Å². The summed E-state index contributed by atoms with van der Waals surface area (Å²) in [6, 6.07) is 8.60. The summed E-state index contributed by atoms with van der Waals surface area (Å²) in [6.07, 6.45) is 0. The van der Waals surface area contributed by atoms with Gasteiger partial charge in [0.2, 0.25) is 0 Å². The molecular weight excluding hydrogens is 280 g/mol. The van der Waals surface area contributed by atoms with Crippen LogP contribution in [-0.4, -0.2) is 43.7 Å². The summed E-state index contributed by atoms with van der Waals surface area (Å²) in [5, 5.41) is 3.39. The quantitative estimate of drug-likeness (QED) is 0.922. The highest BCUT2D eigenvalue weighted by Crippen LogP contribution is 2.16. The zero-order valence-electron chi connectivity index (χ0n) is 10.2. The predicted molar refractivity (Wildman–Crippen MR) is 73.5 cm³/mol. The van der Waals surface area contributed by atoms with E-state index >= 15 is 0 Å². The predicted octanol–water partition coefficient (Wildman–Crippen LogP) is 2.12. The van der Waals surface area contributed by atoms with Gasteiger partial charge in [0.1, 0.15) is 12.4 Å². The average molecular weight is 299 g/mol. The highest BCUT2D eigenvalue weighted by atomic mass is 79.9. The summed E-state index contributed by atoms with van der Waals surface area (Å²) in [7, 11) is 0. The molecule has 1 aliphatic heterocycles. The lowest BCUT2D eigenvalue weighted by Crippen LogP contribution is -2.50. The van der Waals surface area contributed by atoms with Crippen LogP contribution in [0.1, 0.15) is 6.92 Å². The first-order valence-corrected chi connectivity index (χ1v) is 6.88. The van der Waals surface area contributed by atoms with Gasteiger partial charge in [-0.15, -0.1) is 0 Å². The van der Waals surface area contributed by atoms with Crippen molar-refractivity contribution in [3.8, 4) is 5.75 Å². The number of nitrogens with one attached hydrogen (secondary N) is 1. The molecule has 1 aromatic carbocycles. The molecule has 3 nitrogen and oxygen atoms in total. The van der Waals surface area contributed by atoms with Gasteiger partial charge in [0.15, 0.2) is 0 Å². The summed E-state index contributed by atoms with van der Waals surface area (Å²) in [4.78, 5) is 2.47. The van der Waals surface area contributed by atoms with Gasteiger partial charge in [-0.1, -0.05) is 15.9 Å². The number of rotatable bonds is 4. The Morgan fingerprint density at radius 3 is 2.88 bits per heavy atom. The van der Waals surface area contributed by atoms with E-state index in [2.05, 4.69) is 33.1 Å². The van der Waals surface area contributed by atoms with E-state index in [1.807, 2.05) is 24.3 Å². The molecule has 1 aliphatic rings. The first kappa shape index (κ1) is 12.9. The largest absolute Gasteiger partial charge is 0.492 e. The number of halogens is 1. The fourth-order valence-corrected chi connectivity index (χ4v) is 2.29. The van der Waals surface area contributed by atoms with Crippen molar-refractivity contribution in [1.82, 2.24) is 10.2 Å². The van der Waals surface area contributed by atoms with E-state index in [0.29, 0.717) is 6.04 Å². The minimum Gasteiger partial charge on any atom is -0.492 e. The van der Waals surface area contributed by atoms with Crippen LogP contribution in [0.15, 0.2) is 28.7 Å². The summed E-state index contributed by atoms with van der Waals surface area (Å²) in [5.41, 5.74) is 0. The number of piperazine rings is 1. The number of nitrogens with zero attached hydrogens (tertiary/aromatic N) is 1. The lowest BCUT2D eigenvalue weighted by Gasteiger charge is -2.33. The molecule has 1 saturated heterocycles. The Hall–Kier alpha value is -0.580. The van der Waals surface area contributed by atoms with Crippen molar-refractivity contribution in [3.05, 3.63) is 28.7 Å². The van der Waals surface area contributed by atoms with E-state index in [9.17, 15) is 0 Å². The zero-order chi connectivity index (χ0) is 12.1. The highest BCUT2D eigenvalue weighted by molar-refractivity contribution is 9.10. The Morgan fingerprint density at radius 2 is 2.18 bits per heavy atom. The molecule has 1 fully saturated rings. The molecule has 0 amide bonds. The standard InChI is InChI=1S/C13H19BrN2O/c1-11-10-15-6-7-16(11)8-9-17-13-4-2-12(14)3-5-13/h2-5,11,15H,6-10H2,1H3/t11-/m1/s1. The molecule has 17 heavy (non-hydrogen) atoms. The van der Waals surface area contributed by atoms with Crippen LogP contribution >= 0.6 is 15.9 Å². The Balaban J connectivity index is 1.73. The fourth-order valence-electron chi connectivity index (χ4n) is 2.03. The van der Waals surface area contributed by atoms with Crippen molar-refractivity contribution in [2.24, 2.45) is 0 Å². The zero-order valence-corrected chi connectivity index (χ0v) is 11.7. The minimum absolute atomic E-state index is 0.609. The van der Waals surface area contributed by atoms with E-state index in [0.717, 1.165) is 43.0 Å². The van der Waals surface area contributed by atoms with E-state index in [1.54, 1.807) is 0 Å². The highest BCUT2D eigenvalue weighted by Gasteiger charge is 2.16. The Kier molecular flexibility index (Phi) is 4.83. The van der Waals surface area contributed by atoms with Crippen molar-refractivity contribution in [2.75, 3.05) is 32.8 Å². The van der Waals surface area contributed by atoms with Crippen LogP contribution in [0.3, 0.4) is 0 Å².